The molecule has 2 aromatic carbocycles. The second kappa shape index (κ2) is 6.67. The second-order valence-corrected chi connectivity index (χ2v) is 7.95. The van der Waals surface area contributed by atoms with Gasteiger partial charge in [-0.2, -0.15) is 0 Å². The second-order valence-electron chi connectivity index (χ2n) is 7.95. The van der Waals surface area contributed by atoms with Gasteiger partial charge in [0.2, 0.25) is 0 Å². The molecule has 0 bridgehead atoms. The van der Waals surface area contributed by atoms with Crippen LogP contribution in [0.25, 0.3) is 0 Å². The Morgan fingerprint density at radius 3 is 2.16 bits per heavy atom. The predicted molar refractivity (Wildman–Crippen MR) is 107 cm³/mol. The van der Waals surface area contributed by atoms with Gasteiger partial charge in [0, 0.05) is 5.56 Å². The molecule has 25 heavy (non-hydrogen) atoms. The van der Waals surface area contributed by atoms with Gasteiger partial charge in [-0.25, -0.2) is 0 Å². The van der Waals surface area contributed by atoms with E-state index in [1.807, 2.05) is 6.07 Å². The Morgan fingerprint density at radius 1 is 1.00 bits per heavy atom. The Bertz CT molecular complexity index is 804. The molecule has 1 N–H and O–H groups in total. The molecule has 1 atom stereocenters. The molecule has 0 aromatic heterocycles. The van der Waals surface area contributed by atoms with Gasteiger partial charge in [-0.1, -0.05) is 58.9 Å². The van der Waals surface area contributed by atoms with E-state index >= 15 is 0 Å². The van der Waals surface area contributed by atoms with Gasteiger partial charge in [0.1, 0.15) is 5.75 Å². The first-order valence-electron chi connectivity index (χ1n) is 9.34. The number of fused-ring (bicyclic) bond motifs is 1. The fourth-order valence-corrected chi connectivity index (χ4v) is 4.02. The van der Waals surface area contributed by atoms with E-state index in [1.54, 1.807) is 6.07 Å². The molecule has 1 aliphatic carbocycles. The molecular weight excluding hydrogens is 306 g/mol. The predicted octanol–water partition coefficient (Wildman–Crippen LogP) is 6.58. The first-order valence-corrected chi connectivity index (χ1v) is 9.34. The van der Waals surface area contributed by atoms with Crippen LogP contribution >= 0.6 is 0 Å². The average molecular weight is 335 g/mol. The fourth-order valence-electron chi connectivity index (χ4n) is 4.02. The Kier molecular flexibility index (Phi) is 4.73. The van der Waals surface area contributed by atoms with Crippen LogP contribution in [0.2, 0.25) is 0 Å². The summed E-state index contributed by atoms with van der Waals surface area (Å²) in [6.45, 7) is 13.2. The number of phenolic OH excluding ortho intramolecular Hbond substituents is 1. The van der Waals surface area contributed by atoms with Crippen molar-refractivity contribution in [3.63, 3.8) is 0 Å². The third kappa shape index (κ3) is 3.10. The summed E-state index contributed by atoms with van der Waals surface area (Å²) in [6.07, 6.45) is 0.887. The van der Waals surface area contributed by atoms with Crippen LogP contribution in [0.1, 0.15) is 86.6 Å². The zero-order valence-electron chi connectivity index (χ0n) is 16.2. The molecule has 0 saturated carbocycles. The lowest BCUT2D eigenvalue weighted by atomic mass is 9.92. The molecule has 0 radical (unpaired) electrons. The van der Waals surface area contributed by atoms with Crippen molar-refractivity contribution < 1.29 is 5.11 Å². The number of aliphatic imine (C=N–C) groups is 1. The number of nitrogens with zero attached hydrogens (tertiary/aromatic N) is 1. The van der Waals surface area contributed by atoms with E-state index in [0.29, 0.717) is 23.5 Å². The van der Waals surface area contributed by atoms with Crippen LogP contribution in [-0.2, 0) is 0 Å². The molecule has 3 rings (SSSR count). The van der Waals surface area contributed by atoms with Crippen LogP contribution in [0.3, 0.4) is 0 Å². The van der Waals surface area contributed by atoms with Crippen molar-refractivity contribution in [1.82, 2.24) is 0 Å². The summed E-state index contributed by atoms with van der Waals surface area (Å²) in [7, 11) is 0. The smallest absolute Gasteiger partial charge is 0.124 e. The van der Waals surface area contributed by atoms with Crippen LogP contribution in [0.4, 0.5) is 5.69 Å². The largest absolute Gasteiger partial charge is 0.507 e. The fraction of sp³-hybridized carbons (Fsp3) is 0.435. The summed E-state index contributed by atoms with van der Waals surface area (Å²) in [4.78, 5) is 5.15. The zero-order valence-corrected chi connectivity index (χ0v) is 16.2. The molecular formula is C23H29NO. The lowest BCUT2D eigenvalue weighted by Crippen LogP contribution is -2.00. The Labute approximate surface area is 151 Å². The first-order chi connectivity index (χ1) is 11.8. The van der Waals surface area contributed by atoms with Crippen molar-refractivity contribution in [2.45, 2.75) is 65.7 Å². The highest BCUT2D eigenvalue weighted by Crippen LogP contribution is 2.43. The molecule has 0 saturated heterocycles. The van der Waals surface area contributed by atoms with E-state index in [4.69, 9.17) is 4.99 Å². The van der Waals surface area contributed by atoms with Gasteiger partial charge in [0.05, 0.1) is 11.4 Å². The van der Waals surface area contributed by atoms with E-state index in [1.165, 1.54) is 22.3 Å². The van der Waals surface area contributed by atoms with Crippen molar-refractivity contribution in [1.29, 1.82) is 0 Å². The third-order valence-corrected chi connectivity index (χ3v) is 5.31. The standard InChI is InChI=1S/C23H29NO/c1-13(2)17-8-7-9-18(14(3)4)23(17)24-19-12-16(6)21-15(5)10-11-20(25)22(19)21/h7-11,13-14,16,25H,12H2,1-6H3/t16-/m1/s1. The molecule has 0 aliphatic heterocycles. The first kappa shape index (κ1) is 17.7. The van der Waals surface area contributed by atoms with E-state index in [-0.39, 0.29) is 0 Å². The summed E-state index contributed by atoms with van der Waals surface area (Å²) < 4.78 is 0. The summed E-state index contributed by atoms with van der Waals surface area (Å²) in [6, 6.07) is 10.3. The number of aryl methyl sites for hydroxylation is 1. The molecule has 2 heteroatoms. The molecule has 1 aliphatic rings. The topological polar surface area (TPSA) is 32.6 Å². The number of rotatable bonds is 3. The van der Waals surface area contributed by atoms with Gasteiger partial charge in [-0.3, -0.25) is 4.99 Å². The monoisotopic (exact) mass is 335 g/mol. The quantitative estimate of drug-likeness (QED) is 0.675. The van der Waals surface area contributed by atoms with Crippen LogP contribution in [0.5, 0.6) is 5.75 Å². The highest BCUT2D eigenvalue weighted by atomic mass is 16.3. The number of benzene rings is 2. The van der Waals surface area contributed by atoms with Crippen molar-refractivity contribution in [3.8, 4) is 5.75 Å². The zero-order chi connectivity index (χ0) is 18.3. The van der Waals surface area contributed by atoms with Gasteiger partial charge in [-0.05, 0) is 59.4 Å². The van der Waals surface area contributed by atoms with Gasteiger partial charge >= 0.3 is 0 Å². The lowest BCUT2D eigenvalue weighted by Gasteiger charge is -2.17. The van der Waals surface area contributed by atoms with Gasteiger partial charge < -0.3 is 5.11 Å². The summed E-state index contributed by atoms with van der Waals surface area (Å²) >= 11 is 0. The number of phenols is 1. The van der Waals surface area contributed by atoms with Crippen molar-refractivity contribution >= 4 is 11.4 Å². The molecule has 0 fully saturated rings. The van der Waals surface area contributed by atoms with Crippen LogP contribution in [-0.4, -0.2) is 10.8 Å². The van der Waals surface area contributed by atoms with Crippen molar-refractivity contribution in [2.75, 3.05) is 0 Å². The van der Waals surface area contributed by atoms with Crippen LogP contribution in [0, 0.1) is 6.92 Å². The molecule has 0 heterocycles. The SMILES string of the molecule is Cc1ccc(O)c2c1[C@H](C)CC2=Nc1c(C(C)C)cccc1C(C)C. The van der Waals surface area contributed by atoms with Gasteiger partial charge in [0.15, 0.2) is 0 Å². The molecule has 0 amide bonds. The molecule has 132 valence electrons. The number of hydrogen-bond donors (Lipinski definition) is 1. The van der Waals surface area contributed by atoms with E-state index in [0.717, 1.165) is 23.4 Å². The minimum atomic E-state index is 0.358. The number of para-hydroxylation sites is 1. The Hall–Kier alpha value is -2.09. The third-order valence-electron chi connectivity index (χ3n) is 5.31. The lowest BCUT2D eigenvalue weighted by molar-refractivity contribution is 0.473. The highest BCUT2D eigenvalue weighted by Gasteiger charge is 2.29. The van der Waals surface area contributed by atoms with E-state index in [2.05, 4.69) is 59.7 Å². The van der Waals surface area contributed by atoms with E-state index < -0.39 is 0 Å². The van der Waals surface area contributed by atoms with Crippen LogP contribution in [0.15, 0.2) is 35.3 Å². The average Bonchev–Trinajstić information content (AvgIpc) is 2.88. The Balaban J connectivity index is 2.24. The van der Waals surface area contributed by atoms with E-state index in [9.17, 15) is 5.11 Å². The Morgan fingerprint density at radius 2 is 1.60 bits per heavy atom. The number of hydrogen-bond acceptors (Lipinski definition) is 2. The maximum atomic E-state index is 10.5. The number of aromatic hydroxyl groups is 1. The highest BCUT2D eigenvalue weighted by molar-refractivity contribution is 6.09. The van der Waals surface area contributed by atoms with Crippen LogP contribution < -0.4 is 0 Å². The summed E-state index contributed by atoms with van der Waals surface area (Å²) in [5, 5.41) is 10.5. The molecule has 0 unspecified atom stereocenters. The maximum absolute atomic E-state index is 10.5. The van der Waals surface area contributed by atoms with Gasteiger partial charge in [-0.15, -0.1) is 0 Å². The van der Waals surface area contributed by atoms with Gasteiger partial charge in [0.25, 0.3) is 0 Å². The summed E-state index contributed by atoms with van der Waals surface area (Å²) in [5.74, 6) is 1.59. The molecule has 2 nitrogen and oxygen atoms in total. The maximum Gasteiger partial charge on any atom is 0.124 e. The molecule has 2 aromatic rings. The summed E-state index contributed by atoms with van der Waals surface area (Å²) in [5.41, 5.74) is 8.15. The normalized spacial score (nSPS) is 18.4. The molecule has 0 spiro atoms. The minimum absolute atomic E-state index is 0.358. The van der Waals surface area contributed by atoms with Crippen molar-refractivity contribution in [2.24, 2.45) is 4.99 Å². The van der Waals surface area contributed by atoms with Crippen molar-refractivity contribution in [3.05, 3.63) is 58.1 Å². The minimum Gasteiger partial charge on any atom is -0.507 e.